The molecule has 0 radical (unpaired) electrons. The predicted octanol–water partition coefficient (Wildman–Crippen LogP) is -0.456. The van der Waals surface area contributed by atoms with Crippen molar-refractivity contribution < 1.29 is 17.2 Å². The van der Waals surface area contributed by atoms with Crippen molar-refractivity contribution in [3.05, 3.63) is 0 Å². The molecular weight excluding hydrogens is 176 g/mol. The normalized spacial score (nSPS) is 10.0. The highest BCUT2D eigenvalue weighted by atomic mass is 32.3. The topological polar surface area (TPSA) is 66.4 Å². The molecule has 0 aliphatic rings. The number of rotatable bonds is 2. The molecule has 0 rings (SSSR count). The van der Waals surface area contributed by atoms with Crippen LogP contribution in [0.25, 0.3) is 0 Å². The Balaban J connectivity index is 0. The molecule has 0 aromatic heterocycles. The molecule has 0 N–H and O–H groups in total. The van der Waals surface area contributed by atoms with Gasteiger partial charge in [-0.25, -0.2) is 8.42 Å². The zero-order valence-corrected chi connectivity index (χ0v) is 7.91. The van der Waals surface area contributed by atoms with Crippen LogP contribution in [-0.4, -0.2) is 32.1 Å². The van der Waals surface area contributed by atoms with E-state index in [1.807, 2.05) is 0 Å². The Morgan fingerprint density at radius 1 is 1.60 bits per heavy atom. The summed E-state index contributed by atoms with van der Waals surface area (Å²) in [5.74, 6) is 1.29. The van der Waals surface area contributed by atoms with Crippen LogP contribution in [0.3, 0.4) is 0 Å². The second kappa shape index (κ2) is 7.33. The van der Waals surface area contributed by atoms with Crippen molar-refractivity contribution in [3.63, 3.8) is 0 Å². The van der Waals surface area contributed by atoms with E-state index in [0.717, 1.165) is 7.11 Å². The summed E-state index contributed by atoms with van der Waals surface area (Å²) in [6, 6.07) is 0. The molecule has 0 unspecified atom stereocenters. The smallest absolute Gasteiger partial charge is 0.217 e. The molecule has 64 valence electrons. The molecule has 0 atom stereocenters. The number of hydrogen-bond acceptors (Lipinski definition) is 4. The molecule has 6 heteroatoms. The summed E-state index contributed by atoms with van der Waals surface area (Å²) >= 11 is 1.50. The van der Waals surface area contributed by atoms with Crippen LogP contribution < -0.4 is 0 Å². The minimum atomic E-state index is -4.41. The fraction of sp³-hybridized carbons (Fsp3) is 1.00. The summed E-state index contributed by atoms with van der Waals surface area (Å²) < 4.78 is 31.0. The Morgan fingerprint density at radius 3 is 1.80 bits per heavy atom. The van der Waals surface area contributed by atoms with Gasteiger partial charge in [0, 0.05) is 0 Å². The maximum atomic E-state index is 9.22. The van der Waals surface area contributed by atoms with Gasteiger partial charge in [0.05, 0.1) is 13.4 Å². The molecule has 0 spiro atoms. The first-order chi connectivity index (χ1) is 4.47. The zero-order chi connectivity index (χ0) is 8.62. The Labute approximate surface area is 65.9 Å². The van der Waals surface area contributed by atoms with Crippen molar-refractivity contribution >= 4 is 22.2 Å². The monoisotopic (exact) mass is 188 g/mol. The van der Waals surface area contributed by atoms with E-state index in [9.17, 15) is 13.0 Å². The SMILES string of the molecule is CC[SH+]C.COS(=O)(=O)[O-]. The van der Waals surface area contributed by atoms with Crippen molar-refractivity contribution in [3.8, 4) is 0 Å². The average molecular weight is 188 g/mol. The molecule has 0 aliphatic carbocycles. The van der Waals surface area contributed by atoms with Crippen molar-refractivity contribution in [1.82, 2.24) is 0 Å². The lowest BCUT2D eigenvalue weighted by atomic mass is 11.0. The highest BCUT2D eigenvalue weighted by Gasteiger charge is 1.79. The minimum absolute atomic E-state index is 0.808. The fourth-order valence-electron chi connectivity index (χ4n) is 0. The van der Waals surface area contributed by atoms with Crippen molar-refractivity contribution in [2.75, 3.05) is 19.1 Å². The van der Waals surface area contributed by atoms with E-state index in [0.29, 0.717) is 0 Å². The third-order valence-electron chi connectivity index (χ3n) is 0.520. The second-order valence-electron chi connectivity index (χ2n) is 1.21. The summed E-state index contributed by atoms with van der Waals surface area (Å²) in [5, 5.41) is 0. The first-order valence-electron chi connectivity index (χ1n) is 2.55. The highest BCUT2D eigenvalue weighted by molar-refractivity contribution is 7.80. The maximum absolute atomic E-state index is 9.22. The highest BCUT2D eigenvalue weighted by Crippen LogP contribution is 1.74. The molecule has 0 aliphatic heterocycles. The third kappa shape index (κ3) is 24.1. The van der Waals surface area contributed by atoms with Crippen LogP contribution >= 0.6 is 0 Å². The van der Waals surface area contributed by atoms with Gasteiger partial charge in [-0.15, -0.1) is 0 Å². The molecule has 0 aromatic rings. The van der Waals surface area contributed by atoms with Gasteiger partial charge in [-0.2, -0.15) is 0 Å². The largest absolute Gasteiger partial charge is 0.726 e. The van der Waals surface area contributed by atoms with Crippen LogP contribution in [0.1, 0.15) is 6.92 Å². The standard InChI is InChI=1S/C3H8S.CH4O4S/c1-3-4-2;1-5-6(2,3)4/h3H2,1-2H3;1H3,(H,2,3,4). The van der Waals surface area contributed by atoms with Crippen molar-refractivity contribution in [2.45, 2.75) is 6.92 Å². The van der Waals surface area contributed by atoms with Gasteiger partial charge in [0.25, 0.3) is 0 Å². The van der Waals surface area contributed by atoms with E-state index in [-0.39, 0.29) is 0 Å². The average Bonchev–Trinajstić information content (AvgIpc) is 1.87. The molecule has 10 heavy (non-hydrogen) atoms. The van der Waals surface area contributed by atoms with Gasteiger partial charge >= 0.3 is 0 Å². The van der Waals surface area contributed by atoms with Gasteiger partial charge in [-0.05, 0) is 18.7 Å². The Morgan fingerprint density at radius 2 is 1.80 bits per heavy atom. The van der Waals surface area contributed by atoms with Crippen LogP contribution in [0.15, 0.2) is 0 Å². The maximum Gasteiger partial charge on any atom is 0.217 e. The molecule has 0 saturated heterocycles. The Kier molecular flexibility index (Phi) is 9.42. The van der Waals surface area contributed by atoms with Gasteiger partial charge in [-0.3, -0.25) is 4.18 Å². The van der Waals surface area contributed by atoms with E-state index >= 15 is 0 Å². The fourth-order valence-corrected chi connectivity index (χ4v) is 0. The molecule has 0 bridgehead atoms. The second-order valence-corrected chi connectivity index (χ2v) is 3.62. The van der Waals surface area contributed by atoms with Crippen LogP contribution in [0.5, 0.6) is 0 Å². The van der Waals surface area contributed by atoms with E-state index in [1.54, 1.807) is 0 Å². The van der Waals surface area contributed by atoms with Crippen LogP contribution in [0.2, 0.25) is 0 Å². The predicted molar refractivity (Wildman–Crippen MR) is 41.9 cm³/mol. The summed E-state index contributed by atoms with van der Waals surface area (Å²) in [6.07, 6.45) is 2.15. The minimum Gasteiger partial charge on any atom is -0.726 e. The summed E-state index contributed by atoms with van der Waals surface area (Å²) in [6.45, 7) is 2.17. The molecule has 0 fully saturated rings. The van der Waals surface area contributed by atoms with Gasteiger partial charge in [0.2, 0.25) is 10.4 Å². The lowest BCUT2D eigenvalue weighted by Crippen LogP contribution is -1.97. The number of hydrogen-bond donors (Lipinski definition) is 0. The molecule has 0 aromatic carbocycles. The van der Waals surface area contributed by atoms with E-state index in [2.05, 4.69) is 17.4 Å². The third-order valence-corrected chi connectivity index (χ3v) is 1.56. The first-order valence-corrected chi connectivity index (χ1v) is 5.41. The Hall–Kier alpha value is 0.220. The van der Waals surface area contributed by atoms with Crippen LogP contribution in [-0.2, 0) is 26.3 Å². The Bertz CT molecular complexity index is 137. The molecule has 0 amide bonds. The lowest BCUT2D eigenvalue weighted by molar-refractivity contribution is 0.314. The van der Waals surface area contributed by atoms with E-state index in [1.165, 1.54) is 17.5 Å². The number of thiol groups is 1. The molecule has 0 heterocycles. The van der Waals surface area contributed by atoms with Gasteiger partial charge in [0.1, 0.15) is 5.75 Å². The van der Waals surface area contributed by atoms with Crippen molar-refractivity contribution in [1.29, 1.82) is 0 Å². The summed E-state index contributed by atoms with van der Waals surface area (Å²) in [7, 11) is -3.60. The molecule has 0 saturated carbocycles. The lowest BCUT2D eigenvalue weighted by Gasteiger charge is -1.98. The van der Waals surface area contributed by atoms with E-state index < -0.39 is 10.4 Å². The van der Waals surface area contributed by atoms with Crippen LogP contribution in [0, 0.1) is 0 Å². The van der Waals surface area contributed by atoms with Gasteiger partial charge < -0.3 is 4.55 Å². The van der Waals surface area contributed by atoms with Crippen LogP contribution in [0.4, 0.5) is 0 Å². The van der Waals surface area contributed by atoms with E-state index in [4.69, 9.17) is 0 Å². The quantitative estimate of drug-likeness (QED) is 0.255. The zero-order valence-electron chi connectivity index (χ0n) is 6.20. The first kappa shape index (κ1) is 12.9. The van der Waals surface area contributed by atoms with Gasteiger partial charge in [0.15, 0.2) is 0 Å². The van der Waals surface area contributed by atoms with Crippen molar-refractivity contribution in [2.24, 2.45) is 0 Å². The summed E-state index contributed by atoms with van der Waals surface area (Å²) in [5.41, 5.74) is 0. The summed E-state index contributed by atoms with van der Waals surface area (Å²) in [4.78, 5) is 0. The molecule has 4 nitrogen and oxygen atoms in total. The van der Waals surface area contributed by atoms with Gasteiger partial charge in [-0.1, -0.05) is 0 Å². The molecular formula is C4H12O4S2.